The predicted molar refractivity (Wildman–Crippen MR) is 120 cm³/mol. The van der Waals surface area contributed by atoms with Crippen molar-refractivity contribution < 1.29 is 22.0 Å². The van der Waals surface area contributed by atoms with E-state index in [-0.39, 0.29) is 11.3 Å². The first-order valence-electron chi connectivity index (χ1n) is 9.60. The van der Waals surface area contributed by atoms with Gasteiger partial charge in [0.15, 0.2) is 17.4 Å². The first kappa shape index (κ1) is 23.8. The molecular weight excluding hydrogens is 464 g/mol. The summed E-state index contributed by atoms with van der Waals surface area (Å²) >= 11 is 6.13. The van der Waals surface area contributed by atoms with Gasteiger partial charge in [0.05, 0.1) is 39.3 Å². The van der Waals surface area contributed by atoms with Gasteiger partial charge in [-0.2, -0.15) is 0 Å². The number of sulfonamides is 1. The third-order valence-electron chi connectivity index (χ3n) is 4.38. The largest absolute Gasteiger partial charge is 0.368 e. The normalized spacial score (nSPS) is 11.5. The Hall–Kier alpha value is -2.89. The van der Waals surface area contributed by atoms with Gasteiger partial charge in [-0.3, -0.25) is 14.5 Å². The number of carbonyl (C=O) groups excluding carboxylic acids is 1. The monoisotopic (exact) mass is 483 g/mol. The van der Waals surface area contributed by atoms with E-state index >= 15 is 0 Å². The molecule has 1 aromatic heterocycles. The Kier molecular flexibility index (Phi) is 7.22. The summed E-state index contributed by atoms with van der Waals surface area (Å²) in [5, 5.41) is 2.41. The summed E-state index contributed by atoms with van der Waals surface area (Å²) in [6.07, 6.45) is 1.79. The van der Waals surface area contributed by atoms with Gasteiger partial charge in [-0.05, 0) is 24.6 Å². The molecule has 0 spiro atoms. The number of nitrogens with one attached hydrogen (secondary N) is 2. The zero-order valence-electron chi connectivity index (χ0n) is 17.0. The second-order valence-electron chi connectivity index (χ2n) is 6.83. The molecule has 0 saturated heterocycles. The predicted octanol–water partition coefficient (Wildman–Crippen LogP) is 3.31. The van der Waals surface area contributed by atoms with Crippen molar-refractivity contribution in [3.05, 3.63) is 58.2 Å². The Morgan fingerprint density at radius 3 is 2.66 bits per heavy atom. The van der Waals surface area contributed by atoms with Gasteiger partial charge in [0, 0.05) is 24.7 Å². The maximum absolute atomic E-state index is 14.6. The molecule has 3 aromatic rings. The zero-order valence-corrected chi connectivity index (χ0v) is 18.5. The highest BCUT2D eigenvalue weighted by atomic mass is 35.5. The Morgan fingerprint density at radius 2 is 1.97 bits per heavy atom. The van der Waals surface area contributed by atoms with Crippen LogP contribution in [0.25, 0.3) is 11.0 Å². The molecule has 32 heavy (non-hydrogen) atoms. The lowest BCUT2D eigenvalue weighted by atomic mass is 10.0. The molecule has 4 N–H and O–H groups in total. The van der Waals surface area contributed by atoms with E-state index in [2.05, 4.69) is 20.0 Å². The fourth-order valence-corrected chi connectivity index (χ4v) is 4.41. The van der Waals surface area contributed by atoms with E-state index in [4.69, 9.17) is 17.3 Å². The van der Waals surface area contributed by atoms with Gasteiger partial charge < -0.3 is 11.1 Å². The smallest absolute Gasteiger partial charge is 0.232 e. The Bertz CT molecular complexity index is 1290. The van der Waals surface area contributed by atoms with Gasteiger partial charge in [-0.25, -0.2) is 22.2 Å². The summed E-state index contributed by atoms with van der Waals surface area (Å²) in [4.78, 5) is 21.6. The van der Waals surface area contributed by atoms with Crippen LogP contribution in [0, 0.1) is 11.6 Å². The number of aromatic nitrogens is 2. The molecule has 170 valence electrons. The molecule has 1 heterocycles. The fraction of sp³-hybridized carbons (Fsp3) is 0.250. The van der Waals surface area contributed by atoms with Crippen molar-refractivity contribution in [2.75, 3.05) is 28.9 Å². The third kappa shape index (κ3) is 5.12. The molecule has 0 aliphatic rings. The highest BCUT2D eigenvalue weighted by Crippen LogP contribution is 2.33. The van der Waals surface area contributed by atoms with Gasteiger partial charge in [-0.1, -0.05) is 18.5 Å². The Balaban J connectivity index is 2.05. The van der Waals surface area contributed by atoms with Crippen LogP contribution in [0.5, 0.6) is 0 Å². The van der Waals surface area contributed by atoms with Crippen molar-refractivity contribution >= 4 is 49.9 Å². The van der Waals surface area contributed by atoms with E-state index in [1.165, 1.54) is 24.4 Å². The minimum Gasteiger partial charge on any atom is -0.368 e. The highest BCUT2D eigenvalue weighted by molar-refractivity contribution is 7.92. The van der Waals surface area contributed by atoms with Crippen LogP contribution in [0.3, 0.4) is 0 Å². The summed E-state index contributed by atoms with van der Waals surface area (Å²) in [6, 6.07) is 4.83. The van der Waals surface area contributed by atoms with Crippen molar-refractivity contribution in [3.8, 4) is 0 Å². The number of fused-ring (bicyclic) bond motifs is 1. The molecule has 0 fully saturated rings. The molecule has 12 heteroatoms. The van der Waals surface area contributed by atoms with E-state index < -0.39 is 43.7 Å². The number of hydrogen-bond acceptors (Lipinski definition) is 7. The summed E-state index contributed by atoms with van der Waals surface area (Å²) in [5.41, 5.74) is 5.01. The van der Waals surface area contributed by atoms with Gasteiger partial charge in [0.25, 0.3) is 0 Å². The summed E-state index contributed by atoms with van der Waals surface area (Å²) < 4.78 is 55.0. The van der Waals surface area contributed by atoms with Gasteiger partial charge in [0.1, 0.15) is 5.82 Å². The first-order chi connectivity index (χ1) is 15.2. The molecule has 3 rings (SSSR count). The van der Waals surface area contributed by atoms with Crippen LogP contribution >= 0.6 is 11.6 Å². The molecule has 0 aliphatic heterocycles. The highest BCUT2D eigenvalue weighted by Gasteiger charge is 2.26. The molecule has 0 bridgehead atoms. The summed E-state index contributed by atoms with van der Waals surface area (Å²) in [5.74, 6) is -3.67. The van der Waals surface area contributed by atoms with E-state index in [9.17, 15) is 22.0 Å². The molecule has 8 nitrogen and oxygen atoms in total. The molecular formula is C20H20ClF2N5O3S. The number of ketones is 1. The molecule has 0 unspecified atom stereocenters. The second-order valence-corrected chi connectivity index (χ2v) is 9.05. The summed E-state index contributed by atoms with van der Waals surface area (Å²) in [6.45, 7) is 2.47. The van der Waals surface area contributed by atoms with E-state index in [0.717, 1.165) is 0 Å². The average molecular weight is 484 g/mol. The minimum absolute atomic E-state index is 0.0310. The third-order valence-corrected chi connectivity index (χ3v) is 6.25. The van der Waals surface area contributed by atoms with E-state index in [1.807, 2.05) is 0 Å². The zero-order chi connectivity index (χ0) is 23.5. The van der Waals surface area contributed by atoms with Crippen molar-refractivity contribution in [1.29, 1.82) is 0 Å². The molecule has 0 radical (unpaired) electrons. The lowest BCUT2D eigenvalue weighted by Gasteiger charge is -2.13. The first-order valence-corrected chi connectivity index (χ1v) is 11.6. The quantitative estimate of drug-likeness (QED) is 0.314. The number of benzene rings is 2. The van der Waals surface area contributed by atoms with Crippen LogP contribution in [-0.4, -0.2) is 43.0 Å². The average Bonchev–Trinajstić information content (AvgIpc) is 2.75. The Labute approximate surface area is 188 Å². The van der Waals surface area contributed by atoms with Crippen LogP contribution in [0.1, 0.15) is 29.3 Å². The molecule has 0 saturated carbocycles. The number of nitrogens with zero attached hydrogens (tertiary/aromatic N) is 2. The number of anilines is 2. The molecule has 2 aromatic carbocycles. The van der Waals surface area contributed by atoms with Gasteiger partial charge in [0.2, 0.25) is 10.0 Å². The lowest BCUT2D eigenvalue weighted by Crippen LogP contribution is -2.18. The Morgan fingerprint density at radius 1 is 1.22 bits per heavy atom. The van der Waals surface area contributed by atoms with Crippen molar-refractivity contribution in [2.45, 2.75) is 13.3 Å². The standard InChI is InChI=1S/C20H20ClF2N5O3S/c1-2-7-32(30,31)28-15-9-12(22)19(23)17(18(15)21)20(29)11-3-4-13-14(8-11)27-16(10-26-13)25-6-5-24/h3-4,8-10,28H,2,5-7,24H2,1H3,(H,25,27). The SMILES string of the molecule is CCCS(=O)(=O)Nc1cc(F)c(F)c(C(=O)c2ccc3ncc(NCCN)nc3c2)c1Cl. The van der Waals surface area contributed by atoms with Crippen LogP contribution < -0.4 is 15.8 Å². The number of nitrogens with two attached hydrogens (primary N) is 1. The van der Waals surface area contributed by atoms with Crippen molar-refractivity contribution in [2.24, 2.45) is 5.73 Å². The number of rotatable bonds is 9. The summed E-state index contributed by atoms with van der Waals surface area (Å²) in [7, 11) is -3.85. The second kappa shape index (κ2) is 9.72. The number of hydrogen-bond donors (Lipinski definition) is 3. The van der Waals surface area contributed by atoms with Crippen LogP contribution in [0.4, 0.5) is 20.3 Å². The molecule has 0 atom stereocenters. The molecule has 0 amide bonds. The maximum atomic E-state index is 14.6. The van der Waals surface area contributed by atoms with Crippen LogP contribution in [-0.2, 0) is 10.0 Å². The maximum Gasteiger partial charge on any atom is 0.232 e. The van der Waals surface area contributed by atoms with Gasteiger partial charge in [-0.15, -0.1) is 0 Å². The topological polar surface area (TPSA) is 127 Å². The van der Waals surface area contributed by atoms with Gasteiger partial charge >= 0.3 is 0 Å². The van der Waals surface area contributed by atoms with E-state index in [0.29, 0.717) is 42.4 Å². The van der Waals surface area contributed by atoms with E-state index in [1.54, 1.807) is 6.92 Å². The number of carbonyl (C=O) groups is 1. The van der Waals surface area contributed by atoms with Crippen molar-refractivity contribution in [3.63, 3.8) is 0 Å². The fourth-order valence-electron chi connectivity index (χ4n) is 2.95. The number of halogens is 3. The molecule has 0 aliphatic carbocycles. The van der Waals surface area contributed by atoms with Crippen LogP contribution in [0.2, 0.25) is 5.02 Å². The van der Waals surface area contributed by atoms with Crippen molar-refractivity contribution in [1.82, 2.24) is 9.97 Å². The minimum atomic E-state index is -3.85. The van der Waals surface area contributed by atoms with Crippen LogP contribution in [0.15, 0.2) is 30.5 Å². The lowest BCUT2D eigenvalue weighted by molar-refractivity contribution is 0.103.